The Morgan fingerprint density at radius 2 is 0.846 bits per heavy atom. The van der Waals surface area contributed by atoms with Gasteiger partial charge < -0.3 is 65.3 Å². The van der Waals surface area contributed by atoms with E-state index in [9.17, 15) is 55.9 Å². The van der Waals surface area contributed by atoms with Crippen molar-refractivity contribution in [1.82, 2.24) is 0 Å². The summed E-state index contributed by atoms with van der Waals surface area (Å²) in [4.78, 5) is 12.2. The minimum Gasteiger partial charge on any atom is -0.478 e. The zero-order valence-electron chi connectivity index (χ0n) is 21.4. The molecule has 0 amide bonds. The van der Waals surface area contributed by atoms with E-state index in [0.29, 0.717) is 0 Å². The van der Waals surface area contributed by atoms with Crippen molar-refractivity contribution in [2.24, 2.45) is 0 Å². The number of benzene rings is 1. The minimum absolute atomic E-state index is 0.107. The summed E-state index contributed by atoms with van der Waals surface area (Å²) in [6.07, 6.45) is -22.7. The number of aliphatic hydroxyl groups is 9. The van der Waals surface area contributed by atoms with Gasteiger partial charge in [-0.2, -0.15) is 0 Å². The molecule has 3 aliphatic rings. The Hall–Kier alpha value is -1.79. The topological polar surface area (TPSA) is 247 Å². The number of rotatable bonds is 4. The van der Waals surface area contributed by atoms with E-state index in [0.717, 1.165) is 12.1 Å². The average molecular weight is 561 g/mol. The predicted octanol–water partition coefficient (Wildman–Crippen LogP) is -2.99. The Bertz CT molecular complexity index is 997. The second-order valence-electron chi connectivity index (χ2n) is 10.6. The SMILES string of the molecule is C[C@@H]1OC(c2cc(C(=O)O)cc(C3O[C@@H](C)[C@@H](O)[C@@H](O)[C@@H]3O)c2C2O[C@@H](C)[C@@H](O)[C@@H](O)[C@@H]2O)[C@@H](O)[C@H](O)[C@@H]1O. The van der Waals surface area contributed by atoms with Crippen molar-refractivity contribution in [3.05, 3.63) is 34.4 Å². The highest BCUT2D eigenvalue weighted by Crippen LogP contribution is 2.46. The first-order chi connectivity index (χ1) is 18.2. The fraction of sp³-hybridized carbons (Fsp3) is 0.720. The number of ether oxygens (including phenoxy) is 3. The Labute approximate surface area is 223 Å². The number of carboxylic acid groups (broad SMARTS) is 1. The van der Waals surface area contributed by atoms with Gasteiger partial charge in [-0.15, -0.1) is 0 Å². The Kier molecular flexibility index (Phi) is 8.69. The van der Waals surface area contributed by atoms with Gasteiger partial charge in [0, 0.05) is 0 Å². The van der Waals surface area contributed by atoms with E-state index in [1.807, 2.05) is 0 Å². The molecule has 3 unspecified atom stereocenters. The largest absolute Gasteiger partial charge is 0.478 e. The summed E-state index contributed by atoms with van der Waals surface area (Å²) in [6.45, 7) is 4.24. The first-order valence-electron chi connectivity index (χ1n) is 12.7. The van der Waals surface area contributed by atoms with E-state index in [1.165, 1.54) is 20.8 Å². The van der Waals surface area contributed by atoms with Crippen molar-refractivity contribution in [2.45, 2.75) is 112 Å². The van der Waals surface area contributed by atoms with Crippen LogP contribution in [-0.2, 0) is 14.2 Å². The molecule has 10 N–H and O–H groups in total. The first kappa shape index (κ1) is 30.2. The van der Waals surface area contributed by atoms with E-state index in [4.69, 9.17) is 14.2 Å². The van der Waals surface area contributed by atoms with Crippen molar-refractivity contribution in [2.75, 3.05) is 0 Å². The fourth-order valence-corrected chi connectivity index (χ4v) is 5.53. The summed E-state index contributed by atoms with van der Waals surface area (Å²) in [6, 6.07) is 2.18. The van der Waals surface area contributed by atoms with E-state index >= 15 is 0 Å². The lowest BCUT2D eigenvalue weighted by Crippen LogP contribution is -2.56. The molecule has 3 fully saturated rings. The van der Waals surface area contributed by atoms with Crippen LogP contribution in [0.3, 0.4) is 0 Å². The lowest BCUT2D eigenvalue weighted by atomic mass is 9.78. The molecule has 1 aromatic rings. The van der Waals surface area contributed by atoms with Gasteiger partial charge in [0.1, 0.15) is 73.2 Å². The number of aliphatic hydroxyl groups excluding tert-OH is 9. The molecule has 0 saturated carbocycles. The van der Waals surface area contributed by atoms with Gasteiger partial charge in [0.05, 0.1) is 23.9 Å². The molecule has 14 heteroatoms. The highest BCUT2D eigenvalue weighted by Gasteiger charge is 2.50. The van der Waals surface area contributed by atoms with Gasteiger partial charge in [-0.3, -0.25) is 0 Å². The molecular formula is C25H36O14. The van der Waals surface area contributed by atoms with Gasteiger partial charge in [-0.05, 0) is 49.6 Å². The second-order valence-corrected chi connectivity index (χ2v) is 10.6. The van der Waals surface area contributed by atoms with Gasteiger partial charge in [-0.25, -0.2) is 4.79 Å². The van der Waals surface area contributed by atoms with Crippen LogP contribution in [0, 0.1) is 0 Å². The number of hydrogen-bond acceptors (Lipinski definition) is 13. The normalized spacial score (nSPS) is 47.1. The van der Waals surface area contributed by atoms with E-state index in [-0.39, 0.29) is 16.7 Å². The zero-order chi connectivity index (χ0) is 29.1. The monoisotopic (exact) mass is 560 g/mol. The van der Waals surface area contributed by atoms with Gasteiger partial charge in [0.2, 0.25) is 0 Å². The first-order valence-corrected chi connectivity index (χ1v) is 12.7. The number of hydrogen-bond donors (Lipinski definition) is 10. The van der Waals surface area contributed by atoms with Gasteiger partial charge >= 0.3 is 5.97 Å². The van der Waals surface area contributed by atoms with Crippen molar-refractivity contribution < 1.29 is 70.1 Å². The maximum atomic E-state index is 12.2. The van der Waals surface area contributed by atoms with Crippen LogP contribution in [0.15, 0.2) is 12.1 Å². The fourth-order valence-electron chi connectivity index (χ4n) is 5.53. The van der Waals surface area contributed by atoms with Crippen LogP contribution < -0.4 is 0 Å². The lowest BCUT2D eigenvalue weighted by molar-refractivity contribution is -0.230. The van der Waals surface area contributed by atoms with Crippen LogP contribution >= 0.6 is 0 Å². The lowest BCUT2D eigenvalue weighted by Gasteiger charge is -2.45. The Balaban J connectivity index is 1.99. The smallest absolute Gasteiger partial charge is 0.335 e. The summed E-state index contributed by atoms with van der Waals surface area (Å²) in [7, 11) is 0. The van der Waals surface area contributed by atoms with Gasteiger partial charge in [-0.1, -0.05) is 0 Å². The molecule has 0 aromatic heterocycles. The van der Waals surface area contributed by atoms with Crippen LogP contribution in [0.1, 0.15) is 66.1 Å². The van der Waals surface area contributed by atoms with E-state index in [2.05, 4.69) is 0 Å². The molecule has 3 aliphatic heterocycles. The molecule has 1 aromatic carbocycles. The molecule has 14 nitrogen and oxygen atoms in total. The molecule has 0 aliphatic carbocycles. The van der Waals surface area contributed by atoms with Crippen LogP contribution in [-0.4, -0.2) is 130 Å². The summed E-state index contributed by atoms with van der Waals surface area (Å²) < 4.78 is 17.4. The molecule has 4 rings (SSSR count). The summed E-state index contributed by atoms with van der Waals surface area (Å²) in [5, 5.41) is 105. The minimum atomic E-state index is -1.81. The molecule has 3 heterocycles. The maximum Gasteiger partial charge on any atom is 0.335 e. The summed E-state index contributed by atoms with van der Waals surface area (Å²) in [5.74, 6) is -1.45. The predicted molar refractivity (Wildman–Crippen MR) is 127 cm³/mol. The van der Waals surface area contributed by atoms with Crippen molar-refractivity contribution in [1.29, 1.82) is 0 Å². The average Bonchev–Trinajstić information content (AvgIpc) is 2.90. The molecule has 220 valence electrons. The van der Waals surface area contributed by atoms with Crippen LogP contribution in [0.25, 0.3) is 0 Å². The van der Waals surface area contributed by atoms with Crippen LogP contribution in [0.5, 0.6) is 0 Å². The molecule has 39 heavy (non-hydrogen) atoms. The van der Waals surface area contributed by atoms with Crippen molar-refractivity contribution in [3.8, 4) is 0 Å². The summed E-state index contributed by atoms with van der Waals surface area (Å²) >= 11 is 0. The standard InChI is InChI=1S/C25H36O14/c1-6-13(26)16(29)19(32)22(37-6)10-4-9(25(35)36)5-11(23-20(33)17(30)14(27)7(2)38-23)12(10)24-21(34)18(31)15(28)8(3)39-24/h4-8,13-24,26-34H,1-3H3,(H,35,36)/t6-,7-,8-,13+,14+,15+,16+,17+,18+,19-,20-,21-,22?,23?,24?/m0/s1. The third-order valence-corrected chi connectivity index (χ3v) is 7.95. The molecule has 3 saturated heterocycles. The molecule has 0 spiro atoms. The van der Waals surface area contributed by atoms with Crippen LogP contribution in [0.2, 0.25) is 0 Å². The molecule has 0 bridgehead atoms. The molecular weight excluding hydrogens is 524 g/mol. The zero-order valence-corrected chi connectivity index (χ0v) is 21.4. The second kappa shape index (κ2) is 11.2. The van der Waals surface area contributed by atoms with E-state index < -0.39 is 103 Å². The van der Waals surface area contributed by atoms with Crippen LogP contribution in [0.4, 0.5) is 0 Å². The number of carboxylic acids is 1. The molecule has 0 radical (unpaired) electrons. The quantitative estimate of drug-likeness (QED) is 0.176. The van der Waals surface area contributed by atoms with Gasteiger partial charge in [0.15, 0.2) is 0 Å². The third kappa shape index (κ3) is 5.21. The maximum absolute atomic E-state index is 12.2. The third-order valence-electron chi connectivity index (χ3n) is 7.95. The highest BCUT2D eigenvalue weighted by atomic mass is 16.6. The number of carbonyl (C=O) groups is 1. The van der Waals surface area contributed by atoms with Crippen molar-refractivity contribution in [3.63, 3.8) is 0 Å². The highest BCUT2D eigenvalue weighted by molar-refractivity contribution is 5.88. The Morgan fingerprint density at radius 1 is 0.538 bits per heavy atom. The van der Waals surface area contributed by atoms with Crippen molar-refractivity contribution >= 4 is 5.97 Å². The Morgan fingerprint density at radius 3 is 1.18 bits per heavy atom. The summed E-state index contributed by atoms with van der Waals surface area (Å²) in [5.41, 5.74) is -0.779. The number of aromatic carboxylic acids is 1. The van der Waals surface area contributed by atoms with E-state index in [1.54, 1.807) is 0 Å². The molecule has 15 atom stereocenters. The van der Waals surface area contributed by atoms with Gasteiger partial charge in [0.25, 0.3) is 0 Å².